The highest BCUT2D eigenvalue weighted by molar-refractivity contribution is 5.36. The number of piperidine rings is 1. The first kappa shape index (κ1) is 13.3. The molecule has 2 rings (SSSR count). The van der Waals surface area contributed by atoms with Crippen LogP contribution >= 0.6 is 0 Å². The Bertz CT molecular complexity index is 389. The van der Waals surface area contributed by atoms with Gasteiger partial charge in [-0.05, 0) is 44.0 Å². The minimum Gasteiger partial charge on any atom is -0.496 e. The van der Waals surface area contributed by atoms with E-state index in [0.29, 0.717) is 6.54 Å². The highest BCUT2D eigenvalue weighted by Crippen LogP contribution is 2.40. The molecule has 1 N–H and O–H groups in total. The lowest BCUT2D eigenvalue weighted by atomic mass is 9.90. The van der Waals surface area contributed by atoms with Crippen molar-refractivity contribution in [3.8, 4) is 5.75 Å². The Labute approximate surface area is 106 Å². The molecule has 1 saturated heterocycles. The number of hydrogen-bond acceptors (Lipinski definition) is 2. The molecule has 1 heterocycles. The molecule has 1 atom stereocenters. The Morgan fingerprint density at radius 3 is 2.83 bits per heavy atom. The summed E-state index contributed by atoms with van der Waals surface area (Å²) in [4.78, 5) is 0. The van der Waals surface area contributed by atoms with Crippen LogP contribution in [0, 0.1) is 5.92 Å². The summed E-state index contributed by atoms with van der Waals surface area (Å²) in [5, 5.41) is 3.17. The van der Waals surface area contributed by atoms with Crippen molar-refractivity contribution in [3.05, 3.63) is 29.8 Å². The Kier molecular flexibility index (Phi) is 4.17. The third-order valence-electron chi connectivity index (χ3n) is 3.45. The zero-order chi connectivity index (χ0) is 13.0. The van der Waals surface area contributed by atoms with E-state index >= 15 is 0 Å². The summed E-state index contributed by atoms with van der Waals surface area (Å²) in [6, 6.07) is 6.38. The third kappa shape index (κ3) is 2.99. The average Bonchev–Trinajstić information content (AvgIpc) is 2.39. The Balaban J connectivity index is 2.13. The van der Waals surface area contributed by atoms with Gasteiger partial charge in [-0.3, -0.25) is 0 Å². The van der Waals surface area contributed by atoms with Gasteiger partial charge in [0.25, 0.3) is 5.92 Å². The van der Waals surface area contributed by atoms with Crippen molar-refractivity contribution in [2.75, 3.05) is 20.2 Å². The second-order valence-electron chi connectivity index (χ2n) is 4.82. The van der Waals surface area contributed by atoms with Crippen molar-refractivity contribution in [1.82, 2.24) is 5.32 Å². The molecule has 0 amide bonds. The standard InChI is InChI=1S/C14H19F2NO/c1-18-13-7-3-2-6-12(13)14(15,16)9-11-5-4-8-17-10-11/h2-3,6-7,11,17H,4-5,8-10H2,1H3. The van der Waals surface area contributed by atoms with E-state index in [-0.39, 0.29) is 23.7 Å². The van der Waals surface area contributed by atoms with E-state index in [1.165, 1.54) is 13.2 Å². The number of alkyl halides is 2. The minimum atomic E-state index is -2.82. The van der Waals surface area contributed by atoms with Crippen LogP contribution in [0.3, 0.4) is 0 Å². The van der Waals surface area contributed by atoms with Gasteiger partial charge < -0.3 is 10.1 Å². The molecule has 0 aromatic heterocycles. The van der Waals surface area contributed by atoms with E-state index < -0.39 is 5.92 Å². The van der Waals surface area contributed by atoms with Gasteiger partial charge in [0.2, 0.25) is 0 Å². The summed E-state index contributed by atoms with van der Waals surface area (Å²) in [7, 11) is 1.43. The van der Waals surface area contributed by atoms with Crippen molar-refractivity contribution in [2.24, 2.45) is 5.92 Å². The van der Waals surface area contributed by atoms with E-state index in [1.807, 2.05) is 0 Å². The number of nitrogens with one attached hydrogen (secondary N) is 1. The van der Waals surface area contributed by atoms with Crippen LogP contribution in [0.1, 0.15) is 24.8 Å². The fraction of sp³-hybridized carbons (Fsp3) is 0.571. The number of para-hydroxylation sites is 1. The Morgan fingerprint density at radius 1 is 1.39 bits per heavy atom. The van der Waals surface area contributed by atoms with Gasteiger partial charge in [0.1, 0.15) is 5.75 Å². The molecule has 0 saturated carbocycles. The van der Waals surface area contributed by atoms with Gasteiger partial charge in [0.15, 0.2) is 0 Å². The maximum Gasteiger partial charge on any atom is 0.277 e. The molecular formula is C14H19F2NO. The molecule has 1 aromatic carbocycles. The number of benzene rings is 1. The predicted molar refractivity (Wildman–Crippen MR) is 67.1 cm³/mol. The summed E-state index contributed by atoms with van der Waals surface area (Å²) in [5.41, 5.74) is -0.00178. The molecule has 1 unspecified atom stereocenters. The number of halogens is 2. The van der Waals surface area contributed by atoms with Crippen LogP contribution in [-0.2, 0) is 5.92 Å². The fourth-order valence-electron chi connectivity index (χ4n) is 2.52. The molecule has 1 aliphatic rings. The monoisotopic (exact) mass is 255 g/mol. The first-order valence-corrected chi connectivity index (χ1v) is 6.35. The van der Waals surface area contributed by atoms with E-state index in [2.05, 4.69) is 5.32 Å². The normalized spacial score (nSPS) is 20.7. The highest BCUT2D eigenvalue weighted by atomic mass is 19.3. The lowest BCUT2D eigenvalue weighted by Crippen LogP contribution is -2.33. The molecule has 1 aliphatic heterocycles. The summed E-state index contributed by atoms with van der Waals surface area (Å²) >= 11 is 0. The summed E-state index contributed by atoms with van der Waals surface area (Å²) in [6.07, 6.45) is 1.74. The minimum absolute atomic E-state index is 0.00178. The second kappa shape index (κ2) is 5.65. The van der Waals surface area contributed by atoms with Gasteiger partial charge in [-0.25, -0.2) is 8.78 Å². The zero-order valence-corrected chi connectivity index (χ0v) is 10.6. The van der Waals surface area contributed by atoms with Crippen molar-refractivity contribution in [3.63, 3.8) is 0 Å². The number of ether oxygens (including phenoxy) is 1. The molecule has 100 valence electrons. The molecule has 2 nitrogen and oxygen atoms in total. The highest BCUT2D eigenvalue weighted by Gasteiger charge is 2.37. The fourth-order valence-corrected chi connectivity index (χ4v) is 2.52. The van der Waals surface area contributed by atoms with Gasteiger partial charge >= 0.3 is 0 Å². The lowest BCUT2D eigenvalue weighted by molar-refractivity contribution is -0.0335. The van der Waals surface area contributed by atoms with Gasteiger partial charge in [-0.2, -0.15) is 0 Å². The second-order valence-corrected chi connectivity index (χ2v) is 4.82. The molecule has 0 aliphatic carbocycles. The van der Waals surface area contributed by atoms with Crippen LogP contribution in [0.4, 0.5) is 8.78 Å². The quantitative estimate of drug-likeness (QED) is 0.892. The summed E-state index contributed by atoms with van der Waals surface area (Å²) in [5.74, 6) is -2.51. The first-order valence-electron chi connectivity index (χ1n) is 6.35. The molecule has 4 heteroatoms. The number of hydrogen-bond donors (Lipinski definition) is 1. The topological polar surface area (TPSA) is 21.3 Å². The molecule has 0 spiro atoms. The largest absolute Gasteiger partial charge is 0.496 e. The Hall–Kier alpha value is -1.16. The van der Waals surface area contributed by atoms with Crippen LogP contribution < -0.4 is 10.1 Å². The molecular weight excluding hydrogens is 236 g/mol. The lowest BCUT2D eigenvalue weighted by Gasteiger charge is -2.27. The smallest absolute Gasteiger partial charge is 0.277 e. The van der Waals surface area contributed by atoms with Crippen molar-refractivity contribution >= 4 is 0 Å². The summed E-state index contributed by atoms with van der Waals surface area (Å²) < 4.78 is 33.6. The predicted octanol–water partition coefficient (Wildman–Crippen LogP) is 3.18. The van der Waals surface area contributed by atoms with E-state index in [9.17, 15) is 8.78 Å². The molecule has 0 radical (unpaired) electrons. The molecule has 18 heavy (non-hydrogen) atoms. The third-order valence-corrected chi connectivity index (χ3v) is 3.45. The molecule has 1 fully saturated rings. The van der Waals surface area contributed by atoms with Crippen LogP contribution in [0.5, 0.6) is 5.75 Å². The molecule has 0 bridgehead atoms. The van der Waals surface area contributed by atoms with Crippen LogP contribution in [0.15, 0.2) is 24.3 Å². The first-order chi connectivity index (χ1) is 8.63. The van der Waals surface area contributed by atoms with Crippen LogP contribution in [0.2, 0.25) is 0 Å². The summed E-state index contributed by atoms with van der Waals surface area (Å²) in [6.45, 7) is 1.63. The maximum atomic E-state index is 14.3. The van der Waals surface area contributed by atoms with Gasteiger partial charge in [0, 0.05) is 6.42 Å². The van der Waals surface area contributed by atoms with Crippen molar-refractivity contribution < 1.29 is 13.5 Å². The maximum absolute atomic E-state index is 14.3. The van der Waals surface area contributed by atoms with Gasteiger partial charge in [-0.15, -0.1) is 0 Å². The van der Waals surface area contributed by atoms with Crippen molar-refractivity contribution in [2.45, 2.75) is 25.2 Å². The van der Waals surface area contributed by atoms with E-state index in [1.54, 1.807) is 18.2 Å². The van der Waals surface area contributed by atoms with Crippen LogP contribution in [-0.4, -0.2) is 20.2 Å². The average molecular weight is 255 g/mol. The molecule has 1 aromatic rings. The van der Waals surface area contributed by atoms with E-state index in [4.69, 9.17) is 4.74 Å². The van der Waals surface area contributed by atoms with Crippen LogP contribution in [0.25, 0.3) is 0 Å². The number of rotatable bonds is 4. The number of methoxy groups -OCH3 is 1. The Morgan fingerprint density at radius 2 is 2.17 bits per heavy atom. The van der Waals surface area contributed by atoms with Gasteiger partial charge in [-0.1, -0.05) is 12.1 Å². The van der Waals surface area contributed by atoms with Gasteiger partial charge in [0.05, 0.1) is 12.7 Å². The van der Waals surface area contributed by atoms with E-state index in [0.717, 1.165) is 19.4 Å². The zero-order valence-electron chi connectivity index (χ0n) is 10.6. The SMILES string of the molecule is COc1ccccc1C(F)(F)CC1CCCNC1. The van der Waals surface area contributed by atoms with Crippen molar-refractivity contribution in [1.29, 1.82) is 0 Å².